The number of benzene rings is 1. The number of fused-ring (bicyclic) bond motifs is 1. The molecule has 0 bridgehead atoms. The first kappa shape index (κ1) is 12.8. The molecule has 0 unspecified atom stereocenters. The van der Waals surface area contributed by atoms with Crippen molar-refractivity contribution in [2.24, 2.45) is 0 Å². The molecule has 1 N–H and O–H groups in total. The summed E-state index contributed by atoms with van der Waals surface area (Å²) in [5, 5.41) is 2.82. The molecular formula is C13H16N2O2S. The Kier molecular flexibility index (Phi) is 3.81. The van der Waals surface area contributed by atoms with Crippen LogP contribution in [-0.2, 0) is 11.3 Å². The van der Waals surface area contributed by atoms with Crippen molar-refractivity contribution in [3.8, 4) is 0 Å². The molecule has 1 heterocycles. The fourth-order valence-corrected chi connectivity index (χ4v) is 2.75. The second-order valence-electron chi connectivity index (χ2n) is 4.46. The summed E-state index contributed by atoms with van der Waals surface area (Å²) < 4.78 is 2.63. The van der Waals surface area contributed by atoms with Crippen molar-refractivity contribution in [1.29, 1.82) is 0 Å². The fourth-order valence-electron chi connectivity index (χ4n) is 1.83. The second-order valence-corrected chi connectivity index (χ2v) is 5.45. The Morgan fingerprint density at radius 2 is 2.11 bits per heavy atom. The number of amides is 1. The van der Waals surface area contributed by atoms with Crippen LogP contribution in [-0.4, -0.2) is 16.5 Å². The maximum absolute atomic E-state index is 11.8. The highest BCUT2D eigenvalue weighted by Gasteiger charge is 2.09. The van der Waals surface area contributed by atoms with E-state index >= 15 is 0 Å². The third-order valence-corrected chi connectivity index (χ3v) is 3.55. The predicted octanol–water partition coefficient (Wildman–Crippen LogP) is 1.98. The zero-order valence-electron chi connectivity index (χ0n) is 10.5. The Morgan fingerprint density at radius 3 is 2.83 bits per heavy atom. The lowest BCUT2D eigenvalue weighted by molar-refractivity contribution is -0.121. The molecule has 1 aromatic heterocycles. The molecule has 96 valence electrons. The van der Waals surface area contributed by atoms with Gasteiger partial charge in [-0.05, 0) is 26.0 Å². The molecule has 0 aliphatic rings. The van der Waals surface area contributed by atoms with Crippen LogP contribution in [0.3, 0.4) is 0 Å². The van der Waals surface area contributed by atoms with Gasteiger partial charge in [0.1, 0.15) is 0 Å². The van der Waals surface area contributed by atoms with Crippen LogP contribution in [0, 0.1) is 0 Å². The van der Waals surface area contributed by atoms with E-state index in [0.717, 1.165) is 10.2 Å². The smallest absolute Gasteiger partial charge is 0.308 e. The standard InChI is InChI=1S/C13H16N2O2S/c1-9(2)14-12(16)7-8-15-10-5-3-4-6-11(10)18-13(15)17/h3-6,9H,7-8H2,1-2H3,(H,14,16). The van der Waals surface area contributed by atoms with Gasteiger partial charge in [-0.3, -0.25) is 14.2 Å². The zero-order chi connectivity index (χ0) is 13.1. The predicted molar refractivity (Wildman–Crippen MR) is 74.0 cm³/mol. The van der Waals surface area contributed by atoms with Crippen molar-refractivity contribution in [3.05, 3.63) is 33.9 Å². The molecule has 0 fully saturated rings. The molecule has 18 heavy (non-hydrogen) atoms. The van der Waals surface area contributed by atoms with Gasteiger partial charge in [-0.1, -0.05) is 23.5 Å². The van der Waals surface area contributed by atoms with E-state index in [4.69, 9.17) is 0 Å². The molecule has 0 saturated carbocycles. The number of carbonyl (C=O) groups is 1. The molecule has 0 radical (unpaired) electrons. The first-order valence-electron chi connectivity index (χ1n) is 5.95. The average molecular weight is 264 g/mol. The normalized spacial score (nSPS) is 11.1. The van der Waals surface area contributed by atoms with Crippen molar-refractivity contribution >= 4 is 27.5 Å². The van der Waals surface area contributed by atoms with Crippen molar-refractivity contribution in [2.75, 3.05) is 0 Å². The molecule has 0 atom stereocenters. The Morgan fingerprint density at radius 1 is 1.39 bits per heavy atom. The molecular weight excluding hydrogens is 248 g/mol. The Bertz CT molecular complexity index is 613. The summed E-state index contributed by atoms with van der Waals surface area (Å²) in [7, 11) is 0. The fraction of sp³-hybridized carbons (Fsp3) is 0.385. The first-order chi connectivity index (χ1) is 8.58. The van der Waals surface area contributed by atoms with Crippen molar-refractivity contribution in [1.82, 2.24) is 9.88 Å². The van der Waals surface area contributed by atoms with Crippen LogP contribution in [0.5, 0.6) is 0 Å². The third kappa shape index (κ3) is 2.79. The Balaban J connectivity index is 2.15. The number of hydrogen-bond donors (Lipinski definition) is 1. The quantitative estimate of drug-likeness (QED) is 0.918. The highest BCUT2D eigenvalue weighted by molar-refractivity contribution is 7.16. The average Bonchev–Trinajstić information content (AvgIpc) is 2.61. The number of rotatable bonds is 4. The minimum atomic E-state index is -0.0211. The molecule has 0 aliphatic carbocycles. The van der Waals surface area contributed by atoms with Gasteiger partial charge in [-0.25, -0.2) is 0 Å². The van der Waals surface area contributed by atoms with Gasteiger partial charge in [0.25, 0.3) is 0 Å². The number of aryl methyl sites for hydroxylation is 1. The molecule has 1 amide bonds. The molecule has 1 aromatic carbocycles. The zero-order valence-corrected chi connectivity index (χ0v) is 11.3. The van der Waals surface area contributed by atoms with Gasteiger partial charge in [0, 0.05) is 19.0 Å². The first-order valence-corrected chi connectivity index (χ1v) is 6.77. The second kappa shape index (κ2) is 5.35. The summed E-state index contributed by atoms with van der Waals surface area (Å²) in [6, 6.07) is 7.78. The maximum Gasteiger partial charge on any atom is 0.308 e. The van der Waals surface area contributed by atoms with E-state index in [1.807, 2.05) is 38.1 Å². The summed E-state index contributed by atoms with van der Waals surface area (Å²) in [5.74, 6) is -0.0211. The van der Waals surface area contributed by atoms with Gasteiger partial charge in [-0.15, -0.1) is 0 Å². The van der Waals surface area contributed by atoms with Gasteiger partial charge < -0.3 is 5.32 Å². The summed E-state index contributed by atoms with van der Waals surface area (Å²) in [6.07, 6.45) is 0.332. The van der Waals surface area contributed by atoms with Crippen LogP contribution in [0.1, 0.15) is 20.3 Å². The summed E-state index contributed by atoms with van der Waals surface area (Å²) >= 11 is 1.22. The van der Waals surface area contributed by atoms with E-state index in [-0.39, 0.29) is 16.8 Å². The third-order valence-electron chi connectivity index (χ3n) is 2.59. The van der Waals surface area contributed by atoms with Crippen molar-refractivity contribution in [2.45, 2.75) is 32.9 Å². The van der Waals surface area contributed by atoms with Crippen LogP contribution in [0.15, 0.2) is 29.1 Å². The number of nitrogens with zero attached hydrogens (tertiary/aromatic N) is 1. The Hall–Kier alpha value is -1.62. The number of thiazole rings is 1. The minimum Gasteiger partial charge on any atom is -0.354 e. The van der Waals surface area contributed by atoms with Crippen LogP contribution in [0.2, 0.25) is 0 Å². The maximum atomic E-state index is 11.8. The van der Waals surface area contributed by atoms with Gasteiger partial charge in [0.05, 0.1) is 10.2 Å². The summed E-state index contributed by atoms with van der Waals surface area (Å²) in [6.45, 7) is 4.27. The monoisotopic (exact) mass is 264 g/mol. The molecule has 2 aromatic rings. The Labute approximate surface area is 109 Å². The lowest BCUT2D eigenvalue weighted by atomic mass is 10.3. The molecule has 0 spiro atoms. The summed E-state index contributed by atoms with van der Waals surface area (Å²) in [4.78, 5) is 23.4. The largest absolute Gasteiger partial charge is 0.354 e. The van der Waals surface area contributed by atoms with E-state index in [1.165, 1.54) is 11.3 Å². The number of carbonyl (C=O) groups excluding carboxylic acids is 1. The number of para-hydroxylation sites is 1. The van der Waals surface area contributed by atoms with Gasteiger partial charge >= 0.3 is 4.87 Å². The SMILES string of the molecule is CC(C)NC(=O)CCn1c(=O)sc2ccccc21. The lowest BCUT2D eigenvalue weighted by Gasteiger charge is -2.08. The molecule has 0 saturated heterocycles. The van der Waals surface area contributed by atoms with Crippen molar-refractivity contribution in [3.63, 3.8) is 0 Å². The van der Waals surface area contributed by atoms with E-state index in [1.54, 1.807) is 4.57 Å². The lowest BCUT2D eigenvalue weighted by Crippen LogP contribution is -2.31. The van der Waals surface area contributed by atoms with E-state index in [0.29, 0.717) is 13.0 Å². The van der Waals surface area contributed by atoms with E-state index < -0.39 is 0 Å². The van der Waals surface area contributed by atoms with E-state index in [2.05, 4.69) is 5.32 Å². The van der Waals surface area contributed by atoms with Crippen molar-refractivity contribution < 1.29 is 4.79 Å². The molecule has 2 rings (SSSR count). The number of aromatic nitrogens is 1. The van der Waals surface area contributed by atoms with Gasteiger partial charge in [0.15, 0.2) is 0 Å². The molecule has 5 heteroatoms. The molecule has 4 nitrogen and oxygen atoms in total. The number of hydrogen-bond acceptors (Lipinski definition) is 3. The molecule has 0 aliphatic heterocycles. The van der Waals surface area contributed by atoms with Crippen LogP contribution >= 0.6 is 11.3 Å². The van der Waals surface area contributed by atoms with Crippen LogP contribution in [0.25, 0.3) is 10.2 Å². The van der Waals surface area contributed by atoms with Crippen LogP contribution < -0.4 is 10.2 Å². The number of nitrogens with one attached hydrogen (secondary N) is 1. The highest BCUT2D eigenvalue weighted by Crippen LogP contribution is 2.16. The van der Waals surface area contributed by atoms with E-state index in [9.17, 15) is 9.59 Å². The minimum absolute atomic E-state index is 0.00598. The van der Waals surface area contributed by atoms with Gasteiger partial charge in [0.2, 0.25) is 5.91 Å². The summed E-state index contributed by atoms with van der Waals surface area (Å²) in [5.41, 5.74) is 0.907. The highest BCUT2D eigenvalue weighted by atomic mass is 32.1. The topological polar surface area (TPSA) is 51.1 Å². The van der Waals surface area contributed by atoms with Crippen LogP contribution in [0.4, 0.5) is 0 Å². The van der Waals surface area contributed by atoms with Gasteiger partial charge in [-0.2, -0.15) is 0 Å².